The first-order chi connectivity index (χ1) is 20.0. The summed E-state index contributed by atoms with van der Waals surface area (Å²) in [7, 11) is 0. The zero-order chi connectivity index (χ0) is 30.0. The summed E-state index contributed by atoms with van der Waals surface area (Å²) >= 11 is 6.02. The molecule has 0 fully saturated rings. The van der Waals surface area contributed by atoms with Crippen molar-refractivity contribution >= 4 is 29.1 Å². The van der Waals surface area contributed by atoms with Crippen LogP contribution in [0.25, 0.3) is 11.3 Å². The van der Waals surface area contributed by atoms with E-state index in [4.69, 9.17) is 21.8 Å². The van der Waals surface area contributed by atoms with Gasteiger partial charge in [-0.25, -0.2) is 4.39 Å². The van der Waals surface area contributed by atoms with E-state index in [0.717, 1.165) is 28.9 Å². The van der Waals surface area contributed by atoms with Crippen LogP contribution in [-0.2, 0) is 23.8 Å². The van der Waals surface area contributed by atoms with Crippen molar-refractivity contribution in [3.05, 3.63) is 112 Å². The SMILES string of the molecule is NC(=O)c1oc(-c2cccc(C(F)(F)F)c2)cc1[C@H](Cc1ccc(Cl)cc1)C(=O)NCCN1CCc2cc(F)ccc21. The normalized spacial score (nSPS) is 13.6. The van der Waals surface area contributed by atoms with Crippen molar-refractivity contribution in [2.75, 3.05) is 24.5 Å². The average molecular weight is 600 g/mol. The third-order valence-electron chi connectivity index (χ3n) is 7.22. The highest BCUT2D eigenvalue weighted by molar-refractivity contribution is 6.30. The second-order valence-electron chi connectivity index (χ2n) is 10.0. The number of rotatable bonds is 9. The lowest BCUT2D eigenvalue weighted by Gasteiger charge is -2.21. The molecule has 0 bridgehead atoms. The van der Waals surface area contributed by atoms with Crippen LogP contribution in [0.5, 0.6) is 0 Å². The van der Waals surface area contributed by atoms with E-state index in [1.54, 1.807) is 30.3 Å². The third kappa shape index (κ3) is 6.44. The number of nitrogens with one attached hydrogen (secondary N) is 1. The summed E-state index contributed by atoms with van der Waals surface area (Å²) < 4.78 is 59.3. The topological polar surface area (TPSA) is 88.6 Å². The summed E-state index contributed by atoms with van der Waals surface area (Å²) in [6.07, 6.45) is -3.76. The Morgan fingerprint density at radius 2 is 1.81 bits per heavy atom. The van der Waals surface area contributed by atoms with Gasteiger partial charge in [-0.15, -0.1) is 0 Å². The number of nitrogens with two attached hydrogens (primary N) is 1. The molecule has 1 atom stereocenters. The molecular formula is C31H26ClF4N3O3. The Labute approximate surface area is 244 Å². The number of nitrogens with zero attached hydrogens (tertiary/aromatic N) is 1. The Balaban J connectivity index is 1.42. The standard InChI is InChI=1S/C31H26ClF4N3O3/c32-22-6-4-18(5-7-22)14-25(30(41)38-11-13-39-12-10-19-16-23(33)8-9-26(19)39)24-17-27(42-28(24)29(37)40)20-2-1-3-21(15-20)31(34,35)36/h1-9,15-17,25H,10-14H2,(H2,37,40)(H,38,41)/t25-/m0/s1. The molecule has 3 aromatic carbocycles. The Morgan fingerprint density at radius 3 is 2.52 bits per heavy atom. The van der Waals surface area contributed by atoms with Crippen molar-refractivity contribution in [1.82, 2.24) is 5.32 Å². The summed E-state index contributed by atoms with van der Waals surface area (Å²) in [5, 5.41) is 3.40. The zero-order valence-corrected chi connectivity index (χ0v) is 22.9. The molecule has 0 radical (unpaired) electrons. The molecule has 4 aromatic rings. The van der Waals surface area contributed by atoms with E-state index in [1.165, 1.54) is 30.3 Å². The van der Waals surface area contributed by atoms with Gasteiger partial charge in [-0.2, -0.15) is 13.2 Å². The van der Waals surface area contributed by atoms with Crippen LogP contribution in [0, 0.1) is 5.82 Å². The summed E-state index contributed by atoms with van der Waals surface area (Å²) in [6.45, 7) is 1.38. The van der Waals surface area contributed by atoms with Gasteiger partial charge in [-0.3, -0.25) is 9.59 Å². The number of hydrogen-bond acceptors (Lipinski definition) is 4. The van der Waals surface area contributed by atoms with Gasteiger partial charge in [0.2, 0.25) is 5.91 Å². The fraction of sp³-hybridized carbons (Fsp3) is 0.226. The van der Waals surface area contributed by atoms with E-state index in [0.29, 0.717) is 24.5 Å². The van der Waals surface area contributed by atoms with Gasteiger partial charge in [0.05, 0.1) is 11.5 Å². The van der Waals surface area contributed by atoms with Crippen molar-refractivity contribution in [3.8, 4) is 11.3 Å². The van der Waals surface area contributed by atoms with E-state index in [9.17, 15) is 27.2 Å². The molecule has 6 nitrogen and oxygen atoms in total. The van der Waals surface area contributed by atoms with E-state index in [2.05, 4.69) is 5.32 Å². The molecule has 0 unspecified atom stereocenters. The van der Waals surface area contributed by atoms with Gasteiger partial charge in [-0.05, 0) is 72.5 Å². The van der Waals surface area contributed by atoms with Crippen molar-refractivity contribution in [1.29, 1.82) is 0 Å². The minimum Gasteiger partial charge on any atom is -0.451 e. The maximum Gasteiger partial charge on any atom is 0.416 e. The van der Waals surface area contributed by atoms with Crippen LogP contribution in [0.2, 0.25) is 5.02 Å². The number of alkyl halides is 3. The smallest absolute Gasteiger partial charge is 0.416 e. The number of benzene rings is 3. The first-order valence-electron chi connectivity index (χ1n) is 13.2. The summed E-state index contributed by atoms with van der Waals surface area (Å²) in [4.78, 5) is 28.1. The molecule has 42 heavy (non-hydrogen) atoms. The van der Waals surface area contributed by atoms with Crippen molar-refractivity contribution < 1.29 is 31.6 Å². The molecule has 0 saturated carbocycles. The number of fused-ring (bicyclic) bond motifs is 1. The van der Waals surface area contributed by atoms with Crippen molar-refractivity contribution in [2.24, 2.45) is 5.73 Å². The van der Waals surface area contributed by atoms with Gasteiger partial charge < -0.3 is 20.4 Å². The molecule has 2 amide bonds. The number of primary amides is 1. The minimum absolute atomic E-state index is 0.0280. The van der Waals surface area contributed by atoms with E-state index < -0.39 is 29.5 Å². The molecule has 0 saturated heterocycles. The number of anilines is 1. The number of carbonyl (C=O) groups is 2. The van der Waals surface area contributed by atoms with Crippen LogP contribution in [0.1, 0.15) is 38.7 Å². The first-order valence-corrected chi connectivity index (χ1v) is 13.5. The van der Waals surface area contributed by atoms with Crippen LogP contribution < -0.4 is 16.0 Å². The van der Waals surface area contributed by atoms with Gasteiger partial charge >= 0.3 is 6.18 Å². The molecule has 3 N–H and O–H groups in total. The number of hydrogen-bond donors (Lipinski definition) is 2. The maximum atomic E-state index is 13.6. The van der Waals surface area contributed by atoms with E-state index >= 15 is 0 Å². The summed E-state index contributed by atoms with van der Waals surface area (Å²) in [6, 6.07) is 17.3. The number of furan rings is 1. The minimum atomic E-state index is -4.58. The van der Waals surface area contributed by atoms with Crippen LogP contribution in [-0.4, -0.2) is 31.4 Å². The maximum absolute atomic E-state index is 13.6. The fourth-order valence-corrected chi connectivity index (χ4v) is 5.28. The second kappa shape index (κ2) is 11.9. The Bertz CT molecular complexity index is 1620. The Hall–Kier alpha value is -4.31. The second-order valence-corrected chi connectivity index (χ2v) is 10.5. The molecule has 218 valence electrons. The number of halogens is 5. The molecule has 1 aromatic heterocycles. The zero-order valence-electron chi connectivity index (χ0n) is 22.2. The van der Waals surface area contributed by atoms with Crippen LogP contribution in [0.15, 0.2) is 77.2 Å². The summed E-state index contributed by atoms with van der Waals surface area (Å²) in [5.41, 5.74) is 7.47. The lowest BCUT2D eigenvalue weighted by molar-refractivity contribution is -0.137. The molecule has 1 aliphatic rings. The Morgan fingerprint density at radius 1 is 1.05 bits per heavy atom. The van der Waals surface area contributed by atoms with E-state index in [1.807, 2.05) is 4.90 Å². The molecular weight excluding hydrogens is 574 g/mol. The van der Waals surface area contributed by atoms with Crippen molar-refractivity contribution in [2.45, 2.75) is 24.9 Å². The molecule has 1 aliphatic heterocycles. The molecule has 0 spiro atoms. The third-order valence-corrected chi connectivity index (χ3v) is 7.47. The van der Waals surface area contributed by atoms with Crippen LogP contribution in [0.4, 0.5) is 23.2 Å². The largest absolute Gasteiger partial charge is 0.451 e. The molecule has 11 heteroatoms. The summed E-state index contributed by atoms with van der Waals surface area (Å²) in [5.74, 6) is -2.99. The molecule has 0 aliphatic carbocycles. The lowest BCUT2D eigenvalue weighted by Crippen LogP contribution is -2.37. The Kier molecular flexibility index (Phi) is 8.27. The van der Waals surface area contributed by atoms with Crippen LogP contribution in [0.3, 0.4) is 0 Å². The predicted molar refractivity (Wildman–Crippen MR) is 151 cm³/mol. The highest BCUT2D eigenvalue weighted by atomic mass is 35.5. The van der Waals surface area contributed by atoms with Gasteiger partial charge in [0.1, 0.15) is 11.6 Å². The van der Waals surface area contributed by atoms with E-state index in [-0.39, 0.29) is 41.4 Å². The van der Waals surface area contributed by atoms with Gasteiger partial charge in [-0.1, -0.05) is 35.9 Å². The highest BCUT2D eigenvalue weighted by Crippen LogP contribution is 2.36. The van der Waals surface area contributed by atoms with Gasteiger partial charge in [0, 0.05) is 41.5 Å². The van der Waals surface area contributed by atoms with Gasteiger partial charge in [0.25, 0.3) is 5.91 Å². The lowest BCUT2D eigenvalue weighted by atomic mass is 9.90. The number of amides is 2. The average Bonchev–Trinajstić information content (AvgIpc) is 3.57. The first kappa shape index (κ1) is 29.2. The number of carbonyl (C=O) groups excluding carboxylic acids is 2. The molecule has 2 heterocycles. The predicted octanol–water partition coefficient (Wildman–Crippen LogP) is 6.36. The van der Waals surface area contributed by atoms with Crippen LogP contribution >= 0.6 is 11.6 Å². The van der Waals surface area contributed by atoms with Gasteiger partial charge in [0.15, 0.2) is 5.76 Å². The quantitative estimate of drug-likeness (QED) is 0.219. The fourth-order valence-electron chi connectivity index (χ4n) is 5.16. The molecule has 5 rings (SSSR count). The highest BCUT2D eigenvalue weighted by Gasteiger charge is 2.32. The van der Waals surface area contributed by atoms with Crippen molar-refractivity contribution in [3.63, 3.8) is 0 Å². The monoisotopic (exact) mass is 599 g/mol.